The number of sulfone groups is 1. The van der Waals surface area contributed by atoms with Gasteiger partial charge in [0.25, 0.3) is 0 Å². The van der Waals surface area contributed by atoms with Crippen molar-refractivity contribution in [3.8, 4) is 0 Å². The van der Waals surface area contributed by atoms with Crippen LogP contribution >= 0.6 is 0 Å². The summed E-state index contributed by atoms with van der Waals surface area (Å²) in [6.07, 6.45) is 4.57. The monoisotopic (exact) mass is 382 g/mol. The van der Waals surface area contributed by atoms with Gasteiger partial charge in [0.05, 0.1) is 22.8 Å². The maximum atomic E-state index is 14.6. The summed E-state index contributed by atoms with van der Waals surface area (Å²) < 4.78 is 56.7. The number of rotatable bonds is 3. The van der Waals surface area contributed by atoms with Gasteiger partial charge < -0.3 is 4.52 Å². The lowest BCUT2D eigenvalue weighted by atomic mass is 9.68. The summed E-state index contributed by atoms with van der Waals surface area (Å²) in [6, 6.07) is 3.60. The summed E-state index contributed by atoms with van der Waals surface area (Å²) in [5, 5.41) is 4.10. The first kappa shape index (κ1) is 17.6. The molecule has 8 heteroatoms. The molecule has 26 heavy (non-hydrogen) atoms. The van der Waals surface area contributed by atoms with Crippen molar-refractivity contribution in [2.75, 3.05) is 11.5 Å². The van der Waals surface area contributed by atoms with Crippen molar-refractivity contribution in [2.45, 2.75) is 49.9 Å². The Kier molecular flexibility index (Phi) is 4.33. The highest BCUT2D eigenvalue weighted by Crippen LogP contribution is 2.45. The molecule has 1 aliphatic carbocycles. The Hall–Kier alpha value is -1.83. The minimum atomic E-state index is -3.07. The summed E-state index contributed by atoms with van der Waals surface area (Å²) >= 11 is 0. The van der Waals surface area contributed by atoms with Gasteiger partial charge in [-0.05, 0) is 25.3 Å². The van der Waals surface area contributed by atoms with E-state index in [1.54, 1.807) is 0 Å². The van der Waals surface area contributed by atoms with Crippen LogP contribution in [-0.2, 0) is 15.3 Å². The summed E-state index contributed by atoms with van der Waals surface area (Å²) in [6.45, 7) is 0. The van der Waals surface area contributed by atoms with Crippen LogP contribution in [0, 0.1) is 11.6 Å². The first-order valence-electron chi connectivity index (χ1n) is 8.90. The van der Waals surface area contributed by atoms with Crippen LogP contribution in [0.15, 0.2) is 22.7 Å². The maximum Gasteiger partial charge on any atom is 0.230 e. The molecule has 2 fully saturated rings. The summed E-state index contributed by atoms with van der Waals surface area (Å²) in [4.78, 5) is 4.49. The van der Waals surface area contributed by atoms with Crippen molar-refractivity contribution in [2.24, 2.45) is 0 Å². The molecule has 1 aliphatic heterocycles. The number of aromatic nitrogens is 2. The number of benzene rings is 1. The molecule has 5 nitrogen and oxygen atoms in total. The third-order valence-corrected chi connectivity index (χ3v) is 7.37. The van der Waals surface area contributed by atoms with Gasteiger partial charge in [-0.2, -0.15) is 4.98 Å². The van der Waals surface area contributed by atoms with Crippen LogP contribution in [0.2, 0.25) is 0 Å². The highest BCUT2D eigenvalue weighted by Gasteiger charge is 2.43. The Morgan fingerprint density at radius 3 is 2.58 bits per heavy atom. The van der Waals surface area contributed by atoms with E-state index in [-0.39, 0.29) is 17.4 Å². The first-order chi connectivity index (χ1) is 12.4. The summed E-state index contributed by atoms with van der Waals surface area (Å²) in [5.41, 5.74) is -0.375. The fourth-order valence-corrected chi connectivity index (χ4v) is 5.96. The molecule has 0 N–H and O–H groups in total. The van der Waals surface area contributed by atoms with Crippen LogP contribution in [0.4, 0.5) is 8.78 Å². The van der Waals surface area contributed by atoms with E-state index in [1.807, 2.05) is 0 Å². The van der Waals surface area contributed by atoms with E-state index >= 15 is 0 Å². The molecule has 140 valence electrons. The van der Waals surface area contributed by atoms with Crippen LogP contribution < -0.4 is 0 Å². The number of hydrogen-bond donors (Lipinski definition) is 0. The summed E-state index contributed by atoms with van der Waals surface area (Å²) in [5.74, 6) is -0.737. The van der Waals surface area contributed by atoms with Crippen LogP contribution in [0.1, 0.15) is 61.7 Å². The highest BCUT2D eigenvalue weighted by molar-refractivity contribution is 7.91. The van der Waals surface area contributed by atoms with Crippen molar-refractivity contribution >= 4 is 9.84 Å². The molecule has 1 unspecified atom stereocenters. The predicted octanol–water partition coefficient (Wildman–Crippen LogP) is 3.50. The molecule has 0 radical (unpaired) electrons. The second-order valence-corrected chi connectivity index (χ2v) is 9.55. The molecule has 1 atom stereocenters. The Morgan fingerprint density at radius 1 is 1.15 bits per heavy atom. The molecule has 2 aromatic rings. The molecule has 0 amide bonds. The SMILES string of the molecule is O=S1(=O)CCC(c2nc(C3(c4ccc(F)cc4F)CCCCC3)no2)C1. The molecule has 4 rings (SSSR count). The molecular weight excluding hydrogens is 362 g/mol. The molecule has 2 aliphatic rings. The number of halogens is 2. The maximum absolute atomic E-state index is 14.6. The second kappa shape index (κ2) is 6.40. The van der Waals surface area contributed by atoms with Crippen LogP contribution in [0.3, 0.4) is 0 Å². The minimum Gasteiger partial charge on any atom is -0.339 e. The van der Waals surface area contributed by atoms with Gasteiger partial charge >= 0.3 is 0 Å². The molecule has 1 aromatic carbocycles. The zero-order chi connectivity index (χ0) is 18.4. The van der Waals surface area contributed by atoms with Crippen molar-refractivity contribution in [3.05, 3.63) is 47.1 Å². The molecule has 2 heterocycles. The number of hydrogen-bond acceptors (Lipinski definition) is 5. The van der Waals surface area contributed by atoms with Crippen molar-refractivity contribution in [1.82, 2.24) is 10.1 Å². The Balaban J connectivity index is 1.74. The van der Waals surface area contributed by atoms with Gasteiger partial charge in [-0.1, -0.05) is 30.5 Å². The van der Waals surface area contributed by atoms with E-state index in [9.17, 15) is 17.2 Å². The smallest absolute Gasteiger partial charge is 0.230 e. The lowest BCUT2D eigenvalue weighted by Gasteiger charge is -2.35. The zero-order valence-corrected chi connectivity index (χ0v) is 15.1. The Bertz CT molecular complexity index is 920. The fraction of sp³-hybridized carbons (Fsp3) is 0.556. The van der Waals surface area contributed by atoms with E-state index in [4.69, 9.17) is 4.52 Å². The van der Waals surface area contributed by atoms with Gasteiger partial charge in [-0.3, -0.25) is 0 Å². The zero-order valence-electron chi connectivity index (χ0n) is 14.2. The third-order valence-electron chi connectivity index (χ3n) is 5.61. The van der Waals surface area contributed by atoms with E-state index < -0.39 is 26.9 Å². The molecule has 0 bridgehead atoms. The standard InChI is InChI=1S/C18H20F2N2O3S/c19-13-4-5-14(15(20)10-13)18(7-2-1-3-8-18)17-21-16(25-22-17)12-6-9-26(23,24)11-12/h4-5,10,12H,1-3,6-9,11H2. The van der Waals surface area contributed by atoms with Crippen LogP contribution in [0.25, 0.3) is 0 Å². The van der Waals surface area contributed by atoms with Crippen molar-refractivity contribution in [3.63, 3.8) is 0 Å². The molecule has 1 saturated carbocycles. The second-order valence-electron chi connectivity index (χ2n) is 7.32. The quantitative estimate of drug-likeness (QED) is 0.812. The minimum absolute atomic E-state index is 0.00649. The lowest BCUT2D eigenvalue weighted by Crippen LogP contribution is -2.33. The van der Waals surface area contributed by atoms with Gasteiger partial charge in [-0.15, -0.1) is 0 Å². The highest BCUT2D eigenvalue weighted by atomic mass is 32.2. The molecule has 0 spiro atoms. The van der Waals surface area contributed by atoms with Gasteiger partial charge in [-0.25, -0.2) is 17.2 Å². The molecular formula is C18H20F2N2O3S. The Morgan fingerprint density at radius 2 is 1.92 bits per heavy atom. The van der Waals surface area contributed by atoms with Crippen molar-refractivity contribution < 1.29 is 21.7 Å². The van der Waals surface area contributed by atoms with Gasteiger partial charge in [0.1, 0.15) is 11.6 Å². The lowest BCUT2D eigenvalue weighted by molar-refractivity contribution is 0.299. The fourth-order valence-electron chi connectivity index (χ4n) is 4.23. The van der Waals surface area contributed by atoms with Gasteiger partial charge in [0.2, 0.25) is 5.89 Å². The largest absolute Gasteiger partial charge is 0.339 e. The molecule has 1 saturated heterocycles. The van der Waals surface area contributed by atoms with E-state index in [1.165, 1.54) is 12.1 Å². The van der Waals surface area contributed by atoms with E-state index in [0.717, 1.165) is 25.3 Å². The third kappa shape index (κ3) is 3.04. The first-order valence-corrected chi connectivity index (χ1v) is 10.7. The van der Waals surface area contributed by atoms with E-state index in [0.29, 0.717) is 36.5 Å². The normalized spacial score (nSPS) is 24.6. The molecule has 1 aromatic heterocycles. The summed E-state index contributed by atoms with van der Waals surface area (Å²) in [7, 11) is -3.07. The average Bonchev–Trinajstić information content (AvgIpc) is 3.22. The Labute approximate surface area is 150 Å². The van der Waals surface area contributed by atoms with Gasteiger partial charge in [0, 0.05) is 11.6 Å². The topological polar surface area (TPSA) is 73.1 Å². The average molecular weight is 382 g/mol. The predicted molar refractivity (Wildman–Crippen MR) is 90.5 cm³/mol. The van der Waals surface area contributed by atoms with Crippen LogP contribution in [-0.4, -0.2) is 30.1 Å². The number of nitrogens with zero attached hydrogens (tertiary/aromatic N) is 2. The van der Waals surface area contributed by atoms with Crippen LogP contribution in [0.5, 0.6) is 0 Å². The van der Waals surface area contributed by atoms with Crippen molar-refractivity contribution in [1.29, 1.82) is 0 Å². The van der Waals surface area contributed by atoms with E-state index in [2.05, 4.69) is 10.1 Å². The van der Waals surface area contributed by atoms with Gasteiger partial charge in [0.15, 0.2) is 15.7 Å².